The Kier molecular flexibility index (Phi) is 5.43. The second-order valence-electron chi connectivity index (χ2n) is 3.80. The Hall–Kier alpha value is -0.150. The summed E-state index contributed by atoms with van der Waals surface area (Å²) in [5.41, 5.74) is 2.29. The highest BCUT2D eigenvalue weighted by Crippen LogP contribution is 2.28. The van der Waals surface area contributed by atoms with Gasteiger partial charge in [-0.1, -0.05) is 45.7 Å². The van der Waals surface area contributed by atoms with Crippen molar-refractivity contribution in [3.05, 3.63) is 63.1 Å². The van der Waals surface area contributed by atoms with Crippen LogP contribution in [0.15, 0.2) is 51.8 Å². The summed E-state index contributed by atoms with van der Waals surface area (Å²) in [6.45, 7) is 0. The van der Waals surface area contributed by atoms with Crippen LogP contribution in [-0.2, 0) is 11.6 Å². The summed E-state index contributed by atoms with van der Waals surface area (Å²) in [4.78, 5) is 1.22. The van der Waals surface area contributed by atoms with Crippen molar-refractivity contribution in [1.82, 2.24) is 0 Å². The van der Waals surface area contributed by atoms with Crippen LogP contribution in [0.5, 0.6) is 0 Å². The second kappa shape index (κ2) is 6.85. The number of hydrogen-bond donors (Lipinski definition) is 0. The maximum Gasteiger partial charge on any atom is 0.0474 e. The zero-order valence-electron chi connectivity index (χ0n) is 9.50. The Morgan fingerprint density at radius 1 is 1.06 bits per heavy atom. The fourth-order valence-corrected chi connectivity index (χ4v) is 3.37. The maximum absolute atomic E-state index is 6.18. The summed E-state index contributed by atoms with van der Waals surface area (Å²) in [5.74, 6) is 1.43. The van der Waals surface area contributed by atoms with Gasteiger partial charge in [-0.05, 0) is 35.4 Å². The molecule has 4 heteroatoms. The smallest absolute Gasteiger partial charge is 0.0474 e. The van der Waals surface area contributed by atoms with E-state index in [4.69, 9.17) is 23.2 Å². The molecule has 94 valence electrons. The van der Waals surface area contributed by atoms with Gasteiger partial charge >= 0.3 is 0 Å². The molecule has 0 saturated carbocycles. The van der Waals surface area contributed by atoms with Gasteiger partial charge in [0.25, 0.3) is 0 Å². The molecule has 0 aromatic heterocycles. The molecule has 0 saturated heterocycles. The SMILES string of the molecule is ClCc1ccc(SCc2ccc(Br)cc2Cl)cc1. The predicted octanol–water partition coefficient (Wildman–Crippen LogP) is 6.13. The molecule has 2 aromatic rings. The Labute approximate surface area is 130 Å². The third kappa shape index (κ3) is 3.92. The summed E-state index contributed by atoms with van der Waals surface area (Å²) in [6, 6.07) is 14.3. The van der Waals surface area contributed by atoms with Crippen molar-refractivity contribution in [2.24, 2.45) is 0 Å². The van der Waals surface area contributed by atoms with Crippen LogP contribution in [0.1, 0.15) is 11.1 Å². The molecule has 0 nitrogen and oxygen atoms in total. The molecule has 0 heterocycles. The molecule has 0 aliphatic rings. The first-order valence-electron chi connectivity index (χ1n) is 5.40. The van der Waals surface area contributed by atoms with Crippen LogP contribution in [0, 0.1) is 0 Å². The van der Waals surface area contributed by atoms with Crippen LogP contribution >= 0.6 is 50.9 Å². The van der Waals surface area contributed by atoms with Gasteiger partial charge in [0.15, 0.2) is 0 Å². The van der Waals surface area contributed by atoms with Crippen LogP contribution < -0.4 is 0 Å². The summed E-state index contributed by atoms with van der Waals surface area (Å²) >= 11 is 17.1. The summed E-state index contributed by atoms with van der Waals surface area (Å²) in [5, 5.41) is 0.800. The van der Waals surface area contributed by atoms with E-state index in [0.29, 0.717) is 5.88 Å². The second-order valence-corrected chi connectivity index (χ2v) is 6.44. The van der Waals surface area contributed by atoms with E-state index in [0.717, 1.165) is 26.4 Å². The van der Waals surface area contributed by atoms with Crippen LogP contribution in [-0.4, -0.2) is 0 Å². The van der Waals surface area contributed by atoms with Gasteiger partial charge in [0.1, 0.15) is 0 Å². The lowest BCUT2D eigenvalue weighted by atomic mass is 10.2. The van der Waals surface area contributed by atoms with Crippen LogP contribution in [0.2, 0.25) is 5.02 Å². The first-order chi connectivity index (χ1) is 8.69. The van der Waals surface area contributed by atoms with Crippen LogP contribution in [0.4, 0.5) is 0 Å². The zero-order valence-corrected chi connectivity index (χ0v) is 13.4. The molecule has 0 fully saturated rings. The summed E-state index contributed by atoms with van der Waals surface area (Å²) in [7, 11) is 0. The maximum atomic E-state index is 6.18. The normalized spacial score (nSPS) is 10.6. The molecule has 0 radical (unpaired) electrons. The number of alkyl halides is 1. The van der Waals surface area contributed by atoms with Crippen molar-refractivity contribution in [2.45, 2.75) is 16.5 Å². The van der Waals surface area contributed by atoms with E-state index in [1.165, 1.54) is 4.90 Å². The van der Waals surface area contributed by atoms with Gasteiger partial charge in [0.05, 0.1) is 0 Å². The van der Waals surface area contributed by atoms with Crippen molar-refractivity contribution in [3.8, 4) is 0 Å². The van der Waals surface area contributed by atoms with E-state index < -0.39 is 0 Å². The fourth-order valence-electron chi connectivity index (χ4n) is 1.47. The van der Waals surface area contributed by atoms with Gasteiger partial charge in [-0.2, -0.15) is 0 Å². The van der Waals surface area contributed by atoms with E-state index in [1.54, 1.807) is 11.8 Å². The highest BCUT2D eigenvalue weighted by Gasteiger charge is 2.02. The number of halogens is 3. The molecule has 0 unspecified atom stereocenters. The monoisotopic (exact) mass is 360 g/mol. The molecule has 0 aliphatic carbocycles. The van der Waals surface area contributed by atoms with Gasteiger partial charge in [0, 0.05) is 26.0 Å². The number of benzene rings is 2. The van der Waals surface area contributed by atoms with Gasteiger partial charge in [-0.15, -0.1) is 23.4 Å². The average molecular weight is 362 g/mol. The van der Waals surface area contributed by atoms with Crippen molar-refractivity contribution in [1.29, 1.82) is 0 Å². The minimum atomic E-state index is 0.559. The van der Waals surface area contributed by atoms with Crippen LogP contribution in [0.25, 0.3) is 0 Å². The van der Waals surface area contributed by atoms with Crippen molar-refractivity contribution in [2.75, 3.05) is 0 Å². The first-order valence-corrected chi connectivity index (χ1v) is 8.10. The molecule has 0 bridgehead atoms. The number of thioether (sulfide) groups is 1. The zero-order chi connectivity index (χ0) is 13.0. The molecular weight excluding hydrogens is 351 g/mol. The van der Waals surface area contributed by atoms with Gasteiger partial charge < -0.3 is 0 Å². The molecule has 0 amide bonds. The first kappa shape index (κ1) is 14.3. The van der Waals surface area contributed by atoms with E-state index in [2.05, 4.69) is 40.2 Å². The number of hydrogen-bond acceptors (Lipinski definition) is 1. The lowest BCUT2D eigenvalue weighted by Gasteiger charge is -2.05. The minimum absolute atomic E-state index is 0.559. The Morgan fingerprint density at radius 2 is 1.78 bits per heavy atom. The number of rotatable bonds is 4. The molecule has 18 heavy (non-hydrogen) atoms. The minimum Gasteiger partial charge on any atom is -0.122 e. The average Bonchev–Trinajstić information content (AvgIpc) is 2.38. The molecule has 2 rings (SSSR count). The summed E-state index contributed by atoms with van der Waals surface area (Å²) < 4.78 is 1.01. The Morgan fingerprint density at radius 3 is 2.39 bits per heavy atom. The topological polar surface area (TPSA) is 0 Å². The predicted molar refractivity (Wildman–Crippen MR) is 84.7 cm³/mol. The van der Waals surface area contributed by atoms with Crippen LogP contribution in [0.3, 0.4) is 0 Å². The molecule has 0 spiro atoms. The van der Waals surface area contributed by atoms with E-state index in [9.17, 15) is 0 Å². The van der Waals surface area contributed by atoms with Crippen molar-refractivity contribution in [3.63, 3.8) is 0 Å². The van der Waals surface area contributed by atoms with E-state index in [1.807, 2.05) is 18.2 Å². The van der Waals surface area contributed by atoms with E-state index >= 15 is 0 Å². The van der Waals surface area contributed by atoms with Gasteiger partial charge in [0.2, 0.25) is 0 Å². The third-order valence-corrected chi connectivity index (χ3v) is 4.70. The fraction of sp³-hybridized carbons (Fsp3) is 0.143. The van der Waals surface area contributed by atoms with Gasteiger partial charge in [-0.3, -0.25) is 0 Å². The quantitative estimate of drug-likeness (QED) is 0.466. The Balaban J connectivity index is 2.02. The lowest BCUT2D eigenvalue weighted by molar-refractivity contribution is 1.32. The molecule has 0 aliphatic heterocycles. The third-order valence-electron chi connectivity index (χ3n) is 2.49. The van der Waals surface area contributed by atoms with Gasteiger partial charge in [-0.25, -0.2) is 0 Å². The Bertz CT molecular complexity index is 526. The molecule has 2 aromatic carbocycles. The van der Waals surface area contributed by atoms with Crippen molar-refractivity contribution >= 4 is 50.9 Å². The van der Waals surface area contributed by atoms with E-state index in [-0.39, 0.29) is 0 Å². The lowest BCUT2D eigenvalue weighted by Crippen LogP contribution is -1.83. The highest BCUT2D eigenvalue weighted by molar-refractivity contribution is 9.10. The molecule has 0 N–H and O–H groups in total. The molecule has 0 atom stereocenters. The summed E-state index contributed by atoms with van der Waals surface area (Å²) in [6.07, 6.45) is 0. The standard InChI is InChI=1S/C14H11BrCl2S/c15-12-4-3-11(14(17)7-12)9-18-13-5-1-10(8-16)2-6-13/h1-7H,8-9H2. The largest absolute Gasteiger partial charge is 0.122 e. The highest BCUT2D eigenvalue weighted by atomic mass is 79.9. The molecular formula is C14H11BrCl2S. The van der Waals surface area contributed by atoms with Crippen molar-refractivity contribution < 1.29 is 0 Å².